The molecule has 0 spiro atoms. The maximum Gasteiger partial charge on any atom is 0.408 e. The van der Waals surface area contributed by atoms with Gasteiger partial charge in [-0.2, -0.15) is 11.8 Å². The number of alkyl carbamates (subject to hydrolysis) is 1. The van der Waals surface area contributed by atoms with E-state index in [9.17, 15) is 14.0 Å². The van der Waals surface area contributed by atoms with Crippen LogP contribution in [0.25, 0.3) is 0 Å². The van der Waals surface area contributed by atoms with Crippen molar-refractivity contribution >= 4 is 23.8 Å². The molecule has 1 aromatic rings. The van der Waals surface area contributed by atoms with Crippen LogP contribution in [0.2, 0.25) is 0 Å². The van der Waals surface area contributed by atoms with Crippen molar-refractivity contribution in [2.45, 2.75) is 51.3 Å². The van der Waals surface area contributed by atoms with Gasteiger partial charge in [0.15, 0.2) is 0 Å². The molecular formula is C19H27FN2O4S. The van der Waals surface area contributed by atoms with Crippen LogP contribution in [0.1, 0.15) is 45.2 Å². The smallest absolute Gasteiger partial charge is 0.408 e. The molecular weight excluding hydrogens is 371 g/mol. The number of ether oxygens (including phenoxy) is 2. The zero-order valence-electron chi connectivity index (χ0n) is 16.1. The fourth-order valence-electron chi connectivity index (χ4n) is 2.74. The van der Waals surface area contributed by atoms with Crippen LogP contribution in [0.4, 0.5) is 9.18 Å². The number of halogens is 1. The van der Waals surface area contributed by atoms with E-state index in [-0.39, 0.29) is 17.8 Å². The summed E-state index contributed by atoms with van der Waals surface area (Å²) in [6, 6.07) is 3.17. The highest BCUT2D eigenvalue weighted by atomic mass is 32.2. The average molecular weight is 399 g/mol. The average Bonchev–Trinajstić information content (AvgIpc) is 2.57. The van der Waals surface area contributed by atoms with Crippen molar-refractivity contribution in [1.29, 1.82) is 0 Å². The summed E-state index contributed by atoms with van der Waals surface area (Å²) in [7, 11) is 0. The van der Waals surface area contributed by atoms with Crippen molar-refractivity contribution in [2.75, 3.05) is 18.6 Å². The van der Waals surface area contributed by atoms with Gasteiger partial charge in [0.25, 0.3) is 0 Å². The Kier molecular flexibility index (Phi) is 7.35. The zero-order valence-corrected chi connectivity index (χ0v) is 17.0. The van der Waals surface area contributed by atoms with Crippen LogP contribution in [-0.2, 0) is 9.53 Å². The number of nitrogens with one attached hydrogen (secondary N) is 2. The molecule has 2 N–H and O–H groups in total. The van der Waals surface area contributed by atoms with E-state index in [0.717, 1.165) is 0 Å². The fraction of sp³-hybridized carbons (Fsp3) is 0.579. The molecule has 0 bridgehead atoms. The van der Waals surface area contributed by atoms with Gasteiger partial charge in [0, 0.05) is 12.0 Å². The number of hydrogen-bond donors (Lipinski definition) is 2. The maximum atomic E-state index is 13.6. The lowest BCUT2D eigenvalue weighted by Gasteiger charge is -2.29. The quantitative estimate of drug-likeness (QED) is 0.768. The van der Waals surface area contributed by atoms with Gasteiger partial charge in [-0.05, 0) is 57.4 Å². The summed E-state index contributed by atoms with van der Waals surface area (Å²) in [5, 5.41) is 5.56. The predicted octanol–water partition coefficient (Wildman–Crippen LogP) is 3.41. The number of carbonyl (C=O) groups excluding carboxylic acids is 2. The second-order valence-electron chi connectivity index (χ2n) is 7.36. The molecule has 2 amide bonds. The van der Waals surface area contributed by atoms with Crippen molar-refractivity contribution in [1.82, 2.24) is 10.6 Å². The topological polar surface area (TPSA) is 76.7 Å². The lowest BCUT2D eigenvalue weighted by molar-refractivity contribution is -0.124. The number of carbonyl (C=O) groups is 2. The Morgan fingerprint density at radius 2 is 2.15 bits per heavy atom. The Labute approximate surface area is 163 Å². The summed E-state index contributed by atoms with van der Waals surface area (Å²) < 4.78 is 24.4. The number of thioether (sulfide) groups is 1. The van der Waals surface area contributed by atoms with Crippen LogP contribution < -0.4 is 15.4 Å². The lowest BCUT2D eigenvalue weighted by Crippen LogP contribution is -2.49. The van der Waals surface area contributed by atoms with E-state index in [1.54, 1.807) is 38.6 Å². The standard InChI is InChI=1S/C19H27FN2O4S/c1-19(2,3)26-18(24)22-15(8-10-27-4)17(23)21-14-7-9-25-16-6-5-12(20)11-13(14)16/h5-6,11,14-15H,7-10H2,1-4H3,(H,21,23)(H,22,24)/t14-,15+/m1/s1. The number of amides is 2. The molecule has 6 nitrogen and oxygen atoms in total. The van der Waals surface area contributed by atoms with Crippen molar-refractivity contribution in [2.24, 2.45) is 0 Å². The van der Waals surface area contributed by atoms with Crippen LogP contribution in [0, 0.1) is 5.82 Å². The van der Waals surface area contributed by atoms with E-state index in [0.29, 0.717) is 36.5 Å². The minimum absolute atomic E-state index is 0.322. The van der Waals surface area contributed by atoms with Crippen LogP contribution in [0.5, 0.6) is 5.75 Å². The molecule has 0 fully saturated rings. The molecule has 0 aliphatic carbocycles. The fourth-order valence-corrected chi connectivity index (χ4v) is 3.21. The van der Waals surface area contributed by atoms with Gasteiger partial charge in [0.05, 0.1) is 12.6 Å². The number of hydrogen-bond acceptors (Lipinski definition) is 5. The molecule has 0 saturated carbocycles. The molecule has 1 aromatic carbocycles. The van der Waals surface area contributed by atoms with Crippen LogP contribution in [0.3, 0.4) is 0 Å². The SMILES string of the molecule is CSCC[C@H](NC(=O)OC(C)(C)C)C(=O)N[C@@H]1CCOc2ccc(F)cc21. The molecule has 1 aliphatic rings. The summed E-state index contributed by atoms with van der Waals surface area (Å²) in [5.41, 5.74) is -0.0441. The van der Waals surface area contributed by atoms with Gasteiger partial charge in [0.2, 0.25) is 5.91 Å². The van der Waals surface area contributed by atoms with Crippen molar-refractivity contribution in [3.63, 3.8) is 0 Å². The van der Waals surface area contributed by atoms with Gasteiger partial charge in [-0.25, -0.2) is 9.18 Å². The molecule has 150 valence electrons. The Morgan fingerprint density at radius 1 is 1.41 bits per heavy atom. The minimum atomic E-state index is -0.729. The van der Waals surface area contributed by atoms with E-state index >= 15 is 0 Å². The van der Waals surface area contributed by atoms with Crippen LogP contribution >= 0.6 is 11.8 Å². The van der Waals surface area contributed by atoms with Crippen molar-refractivity contribution in [3.8, 4) is 5.75 Å². The molecule has 1 heterocycles. The molecule has 8 heteroatoms. The Balaban J connectivity index is 2.08. The highest BCUT2D eigenvalue weighted by Crippen LogP contribution is 2.32. The first-order valence-corrected chi connectivity index (χ1v) is 10.3. The van der Waals surface area contributed by atoms with Crippen LogP contribution in [-0.4, -0.2) is 42.3 Å². The van der Waals surface area contributed by atoms with E-state index in [1.807, 2.05) is 6.26 Å². The summed E-state index contributed by atoms with van der Waals surface area (Å²) in [6.07, 6.45) is 2.29. The number of benzene rings is 1. The highest BCUT2D eigenvalue weighted by molar-refractivity contribution is 7.98. The minimum Gasteiger partial charge on any atom is -0.493 e. The van der Waals surface area contributed by atoms with Gasteiger partial charge >= 0.3 is 6.09 Å². The Hall–Kier alpha value is -1.96. The molecule has 0 unspecified atom stereocenters. The molecule has 2 rings (SSSR count). The van der Waals surface area contributed by atoms with E-state index < -0.39 is 17.7 Å². The number of fused-ring (bicyclic) bond motifs is 1. The largest absolute Gasteiger partial charge is 0.493 e. The first-order valence-electron chi connectivity index (χ1n) is 8.90. The van der Waals surface area contributed by atoms with E-state index in [2.05, 4.69) is 10.6 Å². The number of rotatable bonds is 6. The van der Waals surface area contributed by atoms with Crippen molar-refractivity contribution < 1.29 is 23.5 Å². The summed E-state index contributed by atoms with van der Waals surface area (Å²) in [5.74, 6) is 0.558. The third kappa shape index (κ3) is 6.61. The first kappa shape index (κ1) is 21.3. The van der Waals surface area contributed by atoms with Gasteiger partial charge < -0.3 is 20.1 Å². The molecule has 0 aromatic heterocycles. The highest BCUT2D eigenvalue weighted by Gasteiger charge is 2.29. The molecule has 1 aliphatic heterocycles. The third-order valence-corrected chi connectivity index (χ3v) is 4.59. The van der Waals surface area contributed by atoms with Gasteiger partial charge in [-0.1, -0.05) is 0 Å². The van der Waals surface area contributed by atoms with E-state index in [1.165, 1.54) is 12.1 Å². The zero-order chi connectivity index (χ0) is 20.0. The normalized spacial score (nSPS) is 17.3. The van der Waals surface area contributed by atoms with Crippen molar-refractivity contribution in [3.05, 3.63) is 29.6 Å². The summed E-state index contributed by atoms with van der Waals surface area (Å²) in [6.45, 7) is 5.71. The van der Waals surface area contributed by atoms with E-state index in [4.69, 9.17) is 9.47 Å². The summed E-state index contributed by atoms with van der Waals surface area (Å²) in [4.78, 5) is 24.9. The van der Waals surface area contributed by atoms with Crippen LogP contribution in [0.15, 0.2) is 18.2 Å². The molecule has 2 atom stereocenters. The molecule has 0 radical (unpaired) electrons. The van der Waals surface area contributed by atoms with Gasteiger partial charge in [-0.15, -0.1) is 0 Å². The molecule has 27 heavy (non-hydrogen) atoms. The Morgan fingerprint density at radius 3 is 2.81 bits per heavy atom. The lowest BCUT2D eigenvalue weighted by atomic mass is 9.99. The van der Waals surface area contributed by atoms with Gasteiger partial charge in [-0.3, -0.25) is 4.79 Å². The third-order valence-electron chi connectivity index (χ3n) is 3.95. The van der Waals surface area contributed by atoms with Gasteiger partial charge in [0.1, 0.15) is 23.2 Å². The summed E-state index contributed by atoms with van der Waals surface area (Å²) >= 11 is 1.58. The molecule has 0 saturated heterocycles. The maximum absolute atomic E-state index is 13.6. The second-order valence-corrected chi connectivity index (χ2v) is 8.35. The first-order chi connectivity index (χ1) is 12.7. The second kappa shape index (κ2) is 9.30. The predicted molar refractivity (Wildman–Crippen MR) is 104 cm³/mol. The monoisotopic (exact) mass is 398 g/mol. The Bertz CT molecular complexity index is 678.